The lowest BCUT2D eigenvalue weighted by Gasteiger charge is -2.08. The molecule has 0 fully saturated rings. The van der Waals surface area contributed by atoms with E-state index in [1.807, 2.05) is 29.0 Å². The van der Waals surface area contributed by atoms with Crippen molar-refractivity contribution in [1.29, 1.82) is 0 Å². The monoisotopic (exact) mass is 518 g/mol. The maximum Gasteiger partial charge on any atom is 0.416 e. The second-order valence-electron chi connectivity index (χ2n) is 8.04. The molecule has 0 amide bonds. The first-order chi connectivity index (χ1) is 17.1. The number of aromatic nitrogens is 2. The van der Waals surface area contributed by atoms with Crippen LogP contribution in [-0.4, -0.2) is 31.7 Å². The lowest BCUT2D eigenvalue weighted by Crippen LogP contribution is -2.04. The predicted molar refractivity (Wildman–Crippen MR) is 127 cm³/mol. The molecule has 2 aromatic carbocycles. The molecule has 0 spiro atoms. The second-order valence-corrected chi connectivity index (χ2v) is 9.04. The minimum atomic E-state index is -4.46. The Morgan fingerprint density at radius 2 is 1.78 bits per heavy atom. The van der Waals surface area contributed by atoms with E-state index in [2.05, 4.69) is 4.98 Å². The number of rotatable bonds is 10. The van der Waals surface area contributed by atoms with Crippen LogP contribution >= 0.6 is 11.3 Å². The average molecular weight is 519 g/mol. The summed E-state index contributed by atoms with van der Waals surface area (Å²) >= 11 is 0.874. The molecule has 0 aliphatic heterocycles. The topological polar surface area (TPSA) is 102 Å². The number of ether oxygens (including phenoxy) is 1. The van der Waals surface area contributed by atoms with Crippen molar-refractivity contribution in [3.63, 3.8) is 0 Å². The Morgan fingerprint density at radius 3 is 2.44 bits per heavy atom. The largest absolute Gasteiger partial charge is 0.487 e. The first-order valence-corrected chi connectivity index (χ1v) is 11.8. The Morgan fingerprint density at radius 1 is 1.03 bits per heavy atom. The summed E-state index contributed by atoms with van der Waals surface area (Å²) in [6.07, 6.45) is -1.10. The highest BCUT2D eigenvalue weighted by Crippen LogP contribution is 2.33. The number of carboxylic acid groups (broad SMARTS) is 2. The van der Waals surface area contributed by atoms with Gasteiger partial charge >= 0.3 is 18.1 Å². The summed E-state index contributed by atoms with van der Waals surface area (Å²) in [6.45, 7) is 0.560. The van der Waals surface area contributed by atoms with Crippen molar-refractivity contribution < 1.29 is 37.7 Å². The van der Waals surface area contributed by atoms with Crippen LogP contribution < -0.4 is 4.74 Å². The number of nitrogens with zero attached hydrogens (tertiary/aromatic N) is 2. The Hall–Kier alpha value is -3.86. The van der Waals surface area contributed by atoms with E-state index in [0.717, 1.165) is 40.8 Å². The average Bonchev–Trinajstić information content (AvgIpc) is 3.44. The molecule has 0 saturated heterocycles. The van der Waals surface area contributed by atoms with Gasteiger partial charge in [0.2, 0.25) is 0 Å². The lowest BCUT2D eigenvalue weighted by atomic mass is 10.1. The molecule has 2 heterocycles. The van der Waals surface area contributed by atoms with E-state index in [0.29, 0.717) is 24.3 Å². The predicted octanol–water partition coefficient (Wildman–Crippen LogP) is 6.32. The van der Waals surface area contributed by atoms with Gasteiger partial charge in [0.25, 0.3) is 0 Å². The van der Waals surface area contributed by atoms with Crippen LogP contribution in [0, 0.1) is 0 Å². The summed E-state index contributed by atoms with van der Waals surface area (Å²) in [7, 11) is 0. The summed E-state index contributed by atoms with van der Waals surface area (Å²) in [5.41, 5.74) is 0.725. The van der Waals surface area contributed by atoms with Gasteiger partial charge in [-0.3, -0.25) is 4.79 Å². The summed E-state index contributed by atoms with van der Waals surface area (Å²) in [5.74, 6) is -1.50. The zero-order chi connectivity index (χ0) is 25.9. The summed E-state index contributed by atoms with van der Waals surface area (Å²) in [4.78, 5) is 26.6. The number of aryl methyl sites for hydroxylation is 1. The molecule has 4 aromatic rings. The maximum atomic E-state index is 12.8. The molecule has 0 unspecified atom stereocenters. The van der Waals surface area contributed by atoms with Crippen molar-refractivity contribution in [1.82, 2.24) is 9.55 Å². The highest BCUT2D eigenvalue weighted by molar-refractivity contribution is 7.17. The van der Waals surface area contributed by atoms with E-state index in [1.54, 1.807) is 6.07 Å². The van der Waals surface area contributed by atoms with E-state index in [1.165, 1.54) is 12.1 Å². The minimum Gasteiger partial charge on any atom is -0.487 e. The number of hydrogen-bond donors (Lipinski definition) is 2. The van der Waals surface area contributed by atoms with Crippen molar-refractivity contribution in [3.8, 4) is 16.3 Å². The van der Waals surface area contributed by atoms with Gasteiger partial charge in [-0.05, 0) is 49.2 Å². The normalized spacial score (nSPS) is 11.6. The quantitative estimate of drug-likeness (QED) is 0.238. The third-order valence-electron chi connectivity index (χ3n) is 5.51. The maximum absolute atomic E-state index is 12.8. The van der Waals surface area contributed by atoms with Crippen molar-refractivity contribution >= 4 is 34.2 Å². The van der Waals surface area contributed by atoms with Gasteiger partial charge in [-0.25, -0.2) is 9.78 Å². The number of hydrogen-bond acceptors (Lipinski definition) is 5. The molecular formula is C25H21F3N2O5S. The Labute approximate surface area is 207 Å². The second kappa shape index (κ2) is 10.4. The molecule has 2 aromatic heterocycles. The zero-order valence-electron chi connectivity index (χ0n) is 18.8. The van der Waals surface area contributed by atoms with Crippen molar-refractivity contribution in [3.05, 3.63) is 70.9 Å². The van der Waals surface area contributed by atoms with E-state index in [-0.39, 0.29) is 28.6 Å². The van der Waals surface area contributed by atoms with Crippen molar-refractivity contribution in [2.45, 2.75) is 38.6 Å². The third-order valence-corrected chi connectivity index (χ3v) is 6.64. The van der Waals surface area contributed by atoms with Crippen molar-refractivity contribution in [2.24, 2.45) is 0 Å². The number of fused-ring (bicyclic) bond motifs is 1. The first-order valence-electron chi connectivity index (χ1n) is 11.0. The highest BCUT2D eigenvalue weighted by atomic mass is 32.1. The van der Waals surface area contributed by atoms with E-state index < -0.39 is 23.7 Å². The fraction of sp³-hybridized carbons (Fsp3) is 0.240. The SMILES string of the molecule is O=C(O)CCCCn1ccc2cc(OCc3nc(-c4ccc(C(F)(F)F)cc4)sc3C(=O)O)ccc21. The molecule has 0 aliphatic rings. The van der Waals surface area contributed by atoms with Crippen LogP contribution in [0.2, 0.25) is 0 Å². The van der Waals surface area contributed by atoms with Gasteiger partial charge in [-0.1, -0.05) is 12.1 Å². The molecule has 0 aliphatic carbocycles. The van der Waals surface area contributed by atoms with Crippen LogP contribution in [0.3, 0.4) is 0 Å². The third kappa shape index (κ3) is 5.85. The number of benzene rings is 2. The molecule has 4 rings (SSSR count). The summed E-state index contributed by atoms with van der Waals surface area (Å²) in [6, 6.07) is 11.7. The summed E-state index contributed by atoms with van der Waals surface area (Å²) in [5, 5.41) is 19.5. The van der Waals surface area contributed by atoms with E-state index in [9.17, 15) is 27.9 Å². The smallest absolute Gasteiger partial charge is 0.416 e. The van der Waals surface area contributed by atoms with Gasteiger partial charge in [-0.2, -0.15) is 13.2 Å². The van der Waals surface area contributed by atoms with Crippen LogP contribution in [0.1, 0.15) is 40.2 Å². The molecule has 0 saturated carbocycles. The number of unbranched alkanes of at least 4 members (excludes halogenated alkanes) is 1. The van der Waals surface area contributed by atoms with Crippen molar-refractivity contribution in [2.75, 3.05) is 0 Å². The van der Waals surface area contributed by atoms with Gasteiger partial charge in [0.1, 0.15) is 27.9 Å². The number of alkyl halides is 3. The van der Waals surface area contributed by atoms with Crippen LogP contribution in [-0.2, 0) is 24.1 Å². The minimum absolute atomic E-state index is 0.0431. The molecule has 0 radical (unpaired) electrons. The fourth-order valence-electron chi connectivity index (χ4n) is 3.71. The molecule has 0 bridgehead atoms. The molecule has 2 N–H and O–H groups in total. The standard InChI is InChI=1S/C25H21F3N2O5S/c26-25(27,28)17-6-4-15(5-7-17)23-29-19(22(36-23)24(33)34)14-35-18-8-9-20-16(13-18)10-12-30(20)11-2-1-3-21(31)32/h4-10,12-13H,1-3,11,14H2,(H,31,32)(H,33,34). The zero-order valence-corrected chi connectivity index (χ0v) is 19.6. The summed E-state index contributed by atoms with van der Waals surface area (Å²) < 4.78 is 46.3. The lowest BCUT2D eigenvalue weighted by molar-refractivity contribution is -0.138. The number of carbonyl (C=O) groups is 2. The molecule has 0 atom stereocenters. The van der Waals surface area contributed by atoms with Crippen LogP contribution in [0.4, 0.5) is 13.2 Å². The Bertz CT molecular complexity index is 1390. The number of aliphatic carboxylic acids is 1. The molecule has 7 nitrogen and oxygen atoms in total. The molecule has 11 heteroatoms. The van der Waals surface area contributed by atoms with Gasteiger partial charge in [0, 0.05) is 35.6 Å². The number of carboxylic acids is 2. The van der Waals surface area contributed by atoms with Crippen LogP contribution in [0.15, 0.2) is 54.7 Å². The van der Waals surface area contributed by atoms with Gasteiger partial charge < -0.3 is 19.5 Å². The van der Waals surface area contributed by atoms with Crippen LogP contribution in [0.5, 0.6) is 5.75 Å². The van der Waals surface area contributed by atoms with E-state index in [4.69, 9.17) is 9.84 Å². The van der Waals surface area contributed by atoms with Gasteiger partial charge in [-0.15, -0.1) is 11.3 Å². The first kappa shape index (κ1) is 25.2. The number of halogens is 3. The Balaban J connectivity index is 1.46. The van der Waals surface area contributed by atoms with E-state index >= 15 is 0 Å². The van der Waals surface area contributed by atoms with Crippen LogP contribution in [0.25, 0.3) is 21.5 Å². The Kier molecular flexibility index (Phi) is 7.30. The fourth-order valence-corrected chi connectivity index (χ4v) is 4.63. The molecule has 36 heavy (non-hydrogen) atoms. The van der Waals surface area contributed by atoms with Gasteiger partial charge in [0.15, 0.2) is 0 Å². The number of aromatic carboxylic acids is 1. The molecule has 188 valence electrons. The number of thiazole rings is 1. The van der Waals surface area contributed by atoms with Gasteiger partial charge in [0.05, 0.1) is 5.56 Å². The molecular weight excluding hydrogens is 497 g/mol. The highest BCUT2D eigenvalue weighted by Gasteiger charge is 2.30.